The van der Waals surface area contributed by atoms with Gasteiger partial charge in [-0.2, -0.15) is 0 Å². The molecule has 4 aromatic rings. The van der Waals surface area contributed by atoms with Crippen molar-refractivity contribution < 1.29 is 23.4 Å². The summed E-state index contributed by atoms with van der Waals surface area (Å²) in [6.45, 7) is 7.62. The number of benzene rings is 1. The van der Waals surface area contributed by atoms with Crippen molar-refractivity contribution in [1.29, 1.82) is 0 Å². The molecule has 41 heavy (non-hydrogen) atoms. The van der Waals surface area contributed by atoms with Crippen LogP contribution >= 0.6 is 10.0 Å². The van der Waals surface area contributed by atoms with Crippen LogP contribution in [0.4, 0.5) is 10.8 Å². The van der Waals surface area contributed by atoms with Crippen LogP contribution in [0.5, 0.6) is 11.5 Å². The second-order valence-corrected chi connectivity index (χ2v) is 16.6. The van der Waals surface area contributed by atoms with Gasteiger partial charge in [0, 0.05) is 31.2 Å². The molecule has 1 aliphatic rings. The molecule has 0 atom stereocenters. The van der Waals surface area contributed by atoms with Gasteiger partial charge in [0.15, 0.2) is 0 Å². The Morgan fingerprint density at radius 3 is 2.66 bits per heavy atom. The molecule has 0 radical (unpaired) electrons. The molecule has 1 aliphatic heterocycles. The third-order valence-corrected chi connectivity index (χ3v) is 7.92. The molecule has 2 N–H and O–H groups in total. The number of carbonyl (C=O) groups excluding carboxylic acids is 1. The molecular formula is C29H38N6O5S. The average molecular weight is 583 g/mol. The first kappa shape index (κ1) is 28.7. The first-order valence-corrected chi connectivity index (χ1v) is 16.5. The molecule has 4 heterocycles. The molecule has 3 aromatic heterocycles. The third-order valence-electron chi connectivity index (χ3n) is 6.53. The summed E-state index contributed by atoms with van der Waals surface area (Å²) in [6.07, 6.45) is 10.8. The lowest BCUT2D eigenvalue weighted by Crippen LogP contribution is -2.39. The molecule has 0 spiro atoms. The number of hydrogen-bond donors (Lipinski definition) is 1. The average Bonchev–Trinajstić information content (AvgIpc) is 3.48. The van der Waals surface area contributed by atoms with Crippen molar-refractivity contribution in [3.63, 3.8) is 0 Å². The van der Waals surface area contributed by atoms with E-state index in [1.54, 1.807) is 17.2 Å². The molecule has 0 unspecified atom stereocenters. The predicted octanol–water partition coefficient (Wildman–Crippen LogP) is 5.42. The minimum absolute atomic E-state index is 0.0270. The van der Waals surface area contributed by atoms with E-state index in [2.05, 4.69) is 33.9 Å². The molecule has 5 rings (SSSR count). The maximum atomic E-state index is 12.7. The standard InChI is InChI=1S/C29H38N6O5S/c1-29(2,3)40-28(36)34-12-10-19-7-8-21(15-20(19)16-34)38-23-9-11-31-25-24(23)22(26-32-33-27(30)39-26)17-35(25)18-37-13-14-41(4,5)6/h7-9,11,15,17H,10,12-14,16,18H2,1-6H3,(H2,30,33). The maximum Gasteiger partial charge on any atom is 0.410 e. The van der Waals surface area contributed by atoms with E-state index < -0.39 is 15.6 Å². The maximum absolute atomic E-state index is 12.7. The molecule has 0 bridgehead atoms. The lowest BCUT2D eigenvalue weighted by molar-refractivity contribution is 0.0223. The van der Waals surface area contributed by atoms with Gasteiger partial charge in [-0.25, -0.2) is 19.8 Å². The Balaban J connectivity index is 1.43. The van der Waals surface area contributed by atoms with Crippen LogP contribution in [0, 0.1) is 0 Å². The number of amides is 1. The highest BCUT2D eigenvalue weighted by molar-refractivity contribution is 8.32. The number of hydrogen-bond acceptors (Lipinski definition) is 9. The number of fused-ring (bicyclic) bond motifs is 2. The Hall–Kier alpha value is -3.77. The monoisotopic (exact) mass is 582 g/mol. The fourth-order valence-corrected chi connectivity index (χ4v) is 5.17. The van der Waals surface area contributed by atoms with Gasteiger partial charge in [-0.3, -0.25) is 0 Å². The zero-order valence-corrected chi connectivity index (χ0v) is 25.3. The number of aromatic nitrogens is 4. The minimum atomic E-state index is -0.666. The van der Waals surface area contributed by atoms with Crippen LogP contribution in [0.15, 0.2) is 41.1 Å². The van der Waals surface area contributed by atoms with Gasteiger partial charge in [0.1, 0.15) is 29.5 Å². The lowest BCUT2D eigenvalue weighted by Gasteiger charge is -2.31. The summed E-state index contributed by atoms with van der Waals surface area (Å²) >= 11 is 0. The van der Waals surface area contributed by atoms with Crippen LogP contribution in [0.2, 0.25) is 0 Å². The molecular weight excluding hydrogens is 544 g/mol. The predicted molar refractivity (Wildman–Crippen MR) is 160 cm³/mol. The fraction of sp³-hybridized carbons (Fsp3) is 0.448. The number of pyridine rings is 1. The summed E-state index contributed by atoms with van der Waals surface area (Å²) in [4.78, 5) is 19.0. The topological polar surface area (TPSA) is 131 Å². The fourth-order valence-electron chi connectivity index (χ4n) is 4.55. The molecule has 1 amide bonds. The number of carbonyl (C=O) groups is 1. The first-order chi connectivity index (χ1) is 19.4. The molecule has 0 saturated heterocycles. The molecule has 0 aliphatic carbocycles. The van der Waals surface area contributed by atoms with Gasteiger partial charge in [0.2, 0.25) is 0 Å². The van der Waals surface area contributed by atoms with E-state index in [4.69, 9.17) is 24.4 Å². The minimum Gasteiger partial charge on any atom is -0.457 e. The second-order valence-electron chi connectivity index (χ2n) is 12.0. The van der Waals surface area contributed by atoms with Gasteiger partial charge in [0.25, 0.3) is 5.89 Å². The van der Waals surface area contributed by atoms with Crippen LogP contribution < -0.4 is 10.5 Å². The van der Waals surface area contributed by atoms with Gasteiger partial charge >= 0.3 is 12.1 Å². The van der Waals surface area contributed by atoms with Gasteiger partial charge in [-0.15, -0.1) is 5.10 Å². The first-order valence-electron chi connectivity index (χ1n) is 13.4. The summed E-state index contributed by atoms with van der Waals surface area (Å²) in [5, 5.41) is 8.65. The molecule has 1 aromatic carbocycles. The van der Waals surface area contributed by atoms with Crippen molar-refractivity contribution in [3.8, 4) is 23.0 Å². The van der Waals surface area contributed by atoms with Crippen LogP contribution in [-0.4, -0.2) is 74.0 Å². The van der Waals surface area contributed by atoms with E-state index >= 15 is 0 Å². The number of nitrogen functional groups attached to an aromatic ring is 1. The van der Waals surface area contributed by atoms with Crippen molar-refractivity contribution in [1.82, 2.24) is 24.6 Å². The van der Waals surface area contributed by atoms with E-state index in [-0.39, 0.29) is 18.0 Å². The highest BCUT2D eigenvalue weighted by Gasteiger charge is 2.26. The highest BCUT2D eigenvalue weighted by atomic mass is 32.3. The smallest absolute Gasteiger partial charge is 0.410 e. The molecule has 0 fully saturated rings. The Bertz CT molecular complexity index is 1550. The number of ether oxygens (including phenoxy) is 3. The van der Waals surface area contributed by atoms with Gasteiger partial charge in [0.05, 0.1) is 17.6 Å². The van der Waals surface area contributed by atoms with Crippen LogP contribution in [0.1, 0.15) is 31.9 Å². The summed E-state index contributed by atoms with van der Waals surface area (Å²) in [5.74, 6) is 2.47. The van der Waals surface area contributed by atoms with Crippen LogP contribution in [-0.2, 0) is 29.2 Å². The summed E-state index contributed by atoms with van der Waals surface area (Å²) in [6, 6.07) is 7.73. The van der Waals surface area contributed by atoms with Crippen molar-refractivity contribution >= 4 is 33.2 Å². The second kappa shape index (κ2) is 11.2. The largest absolute Gasteiger partial charge is 0.457 e. The Morgan fingerprint density at radius 1 is 1.15 bits per heavy atom. The zero-order valence-electron chi connectivity index (χ0n) is 24.5. The number of nitrogens with two attached hydrogens (primary N) is 1. The molecule has 0 saturated carbocycles. The van der Waals surface area contributed by atoms with Crippen LogP contribution in [0.25, 0.3) is 22.5 Å². The Kier molecular flexibility index (Phi) is 7.89. The van der Waals surface area contributed by atoms with Crippen LogP contribution in [0.3, 0.4) is 0 Å². The van der Waals surface area contributed by atoms with Crippen molar-refractivity contribution in [2.24, 2.45) is 0 Å². The SMILES string of the molecule is CC(C)(C)OC(=O)N1CCc2ccc(Oc3ccnc4c3c(-c3nnc(N)o3)cn4COCCS(C)(C)C)cc2C1. The van der Waals surface area contributed by atoms with Gasteiger partial charge < -0.3 is 33.8 Å². The Morgan fingerprint density at radius 2 is 1.95 bits per heavy atom. The van der Waals surface area contributed by atoms with Crippen molar-refractivity contribution in [2.75, 3.05) is 43.4 Å². The van der Waals surface area contributed by atoms with E-state index in [9.17, 15) is 4.79 Å². The van der Waals surface area contributed by atoms with E-state index in [0.29, 0.717) is 54.5 Å². The van der Waals surface area contributed by atoms with Crippen molar-refractivity contribution in [3.05, 3.63) is 47.8 Å². The van der Waals surface area contributed by atoms with E-state index in [1.807, 2.05) is 49.7 Å². The normalized spacial score (nSPS) is 14.2. The summed E-state index contributed by atoms with van der Waals surface area (Å²) in [5.41, 5.74) is 8.69. The zero-order chi connectivity index (χ0) is 29.4. The van der Waals surface area contributed by atoms with Gasteiger partial charge in [-0.1, -0.05) is 11.2 Å². The quantitative estimate of drug-likeness (QED) is 0.271. The van der Waals surface area contributed by atoms with E-state index in [1.165, 1.54) is 5.56 Å². The summed E-state index contributed by atoms with van der Waals surface area (Å²) in [7, 11) is -0.666. The number of rotatable bonds is 8. The third kappa shape index (κ3) is 6.94. The molecule has 220 valence electrons. The number of nitrogens with zero attached hydrogens (tertiary/aromatic N) is 5. The van der Waals surface area contributed by atoms with Gasteiger partial charge in [-0.05, 0) is 75.3 Å². The van der Waals surface area contributed by atoms with Crippen molar-refractivity contribution in [2.45, 2.75) is 46.1 Å². The summed E-state index contributed by atoms with van der Waals surface area (Å²) < 4.78 is 25.5. The number of anilines is 1. The lowest BCUT2D eigenvalue weighted by atomic mass is 10.00. The Labute approximate surface area is 241 Å². The van der Waals surface area contributed by atoms with E-state index in [0.717, 1.165) is 17.7 Å². The molecule has 12 heteroatoms. The highest BCUT2D eigenvalue weighted by Crippen LogP contribution is 2.39. The molecule has 11 nitrogen and oxygen atoms in total.